The monoisotopic (exact) mass is 245 g/mol. The van der Waals surface area contributed by atoms with Crippen molar-refractivity contribution in [1.82, 2.24) is 10.2 Å². The molecule has 0 saturated carbocycles. The minimum atomic E-state index is -0.325. The number of alkyl halides is 1. The molecule has 0 spiro atoms. The molecule has 1 saturated heterocycles. The lowest BCUT2D eigenvalue weighted by atomic mass is 10.4. The van der Waals surface area contributed by atoms with Crippen molar-refractivity contribution in [2.45, 2.75) is 6.10 Å². The van der Waals surface area contributed by atoms with Crippen molar-refractivity contribution in [3.8, 4) is 0 Å². The molecular weight excluding hydrogens is 238 g/mol. The second kappa shape index (κ2) is 3.37. The second-order valence-corrected chi connectivity index (χ2v) is 3.36. The number of nitrogens with zero attached hydrogens (tertiary/aromatic N) is 2. The lowest BCUT2D eigenvalue weighted by Gasteiger charge is -2.08. The van der Waals surface area contributed by atoms with Gasteiger partial charge in [-0.3, -0.25) is 10.00 Å². The molecule has 0 radical (unpaired) electrons. The Labute approximate surface area is 83.2 Å². The summed E-state index contributed by atoms with van der Waals surface area (Å²) in [4.78, 5) is 12.8. The van der Waals surface area contributed by atoms with Gasteiger partial charge in [0.2, 0.25) is 0 Å². The third-order valence-corrected chi connectivity index (χ3v) is 2.55. The summed E-state index contributed by atoms with van der Waals surface area (Å²) in [5, 5.41) is 7.14. The van der Waals surface area contributed by atoms with Crippen LogP contribution in [0.5, 0.6) is 0 Å². The normalized spacial score (nSPS) is 22.1. The highest BCUT2D eigenvalue weighted by Gasteiger charge is 2.32. The number of hydrogen-bond acceptors (Lipinski definition) is 3. The van der Waals surface area contributed by atoms with E-state index in [2.05, 4.69) is 26.1 Å². The van der Waals surface area contributed by atoms with E-state index < -0.39 is 0 Å². The lowest BCUT2D eigenvalue weighted by molar-refractivity contribution is 0.152. The predicted molar refractivity (Wildman–Crippen MR) is 50.0 cm³/mol. The molecule has 2 rings (SSSR count). The largest absolute Gasteiger partial charge is 0.443 e. The molecule has 1 unspecified atom stereocenters. The Bertz CT molecular complexity index is 301. The van der Waals surface area contributed by atoms with Gasteiger partial charge in [0.05, 0.1) is 12.7 Å². The van der Waals surface area contributed by atoms with E-state index in [9.17, 15) is 4.79 Å². The maximum absolute atomic E-state index is 11.3. The van der Waals surface area contributed by atoms with Crippen LogP contribution in [-0.2, 0) is 4.74 Å². The fraction of sp³-hybridized carbons (Fsp3) is 0.429. The Morgan fingerprint density at radius 3 is 3.23 bits per heavy atom. The van der Waals surface area contributed by atoms with Crippen molar-refractivity contribution >= 4 is 27.8 Å². The predicted octanol–water partition coefficient (Wildman–Crippen LogP) is 1.13. The Morgan fingerprint density at radius 1 is 1.85 bits per heavy atom. The van der Waals surface area contributed by atoms with Gasteiger partial charge in [0.1, 0.15) is 11.9 Å². The van der Waals surface area contributed by atoms with Gasteiger partial charge in [-0.1, -0.05) is 15.9 Å². The van der Waals surface area contributed by atoms with Gasteiger partial charge in [-0.15, -0.1) is 0 Å². The van der Waals surface area contributed by atoms with Gasteiger partial charge >= 0.3 is 6.09 Å². The number of cyclic esters (lactones) is 1. The molecule has 70 valence electrons. The number of aromatic nitrogens is 2. The minimum absolute atomic E-state index is 0.0733. The summed E-state index contributed by atoms with van der Waals surface area (Å²) in [7, 11) is 0. The van der Waals surface area contributed by atoms with Crippen LogP contribution in [0.3, 0.4) is 0 Å². The van der Waals surface area contributed by atoms with Crippen LogP contribution in [0.4, 0.5) is 10.6 Å². The lowest BCUT2D eigenvalue weighted by Crippen LogP contribution is -2.25. The number of H-pyrrole nitrogens is 1. The third-order valence-electron chi connectivity index (χ3n) is 1.82. The molecule has 0 aromatic carbocycles. The molecule has 1 aliphatic rings. The number of rotatable bonds is 2. The van der Waals surface area contributed by atoms with Gasteiger partial charge in [0.25, 0.3) is 0 Å². The summed E-state index contributed by atoms with van der Waals surface area (Å²) in [5.74, 6) is 0.674. The standard InChI is InChI=1S/C7H8BrN3O2/c8-3-5-4-11(7(12)13-5)6-1-2-9-10-6/h1-2,5H,3-4H2,(H,9,10). The van der Waals surface area contributed by atoms with Crippen molar-refractivity contribution in [3.05, 3.63) is 12.3 Å². The van der Waals surface area contributed by atoms with Gasteiger partial charge in [-0.2, -0.15) is 5.10 Å². The van der Waals surface area contributed by atoms with Gasteiger partial charge in [-0.05, 0) is 0 Å². The first-order chi connectivity index (χ1) is 6.31. The van der Waals surface area contributed by atoms with Crippen molar-refractivity contribution in [3.63, 3.8) is 0 Å². The van der Waals surface area contributed by atoms with Crippen LogP contribution < -0.4 is 4.90 Å². The number of carbonyl (C=O) groups excluding carboxylic acids is 1. The number of amides is 1. The summed E-state index contributed by atoms with van der Waals surface area (Å²) in [6.45, 7) is 0.562. The van der Waals surface area contributed by atoms with Crippen molar-refractivity contribution < 1.29 is 9.53 Å². The molecule has 6 heteroatoms. The van der Waals surface area contributed by atoms with Crippen LogP contribution in [-0.4, -0.2) is 34.3 Å². The number of anilines is 1. The maximum Gasteiger partial charge on any atom is 0.415 e. The van der Waals surface area contributed by atoms with Crippen molar-refractivity contribution in [2.24, 2.45) is 0 Å². The highest BCUT2D eigenvalue weighted by Crippen LogP contribution is 2.19. The number of nitrogens with one attached hydrogen (secondary N) is 1. The van der Waals surface area contributed by atoms with E-state index in [0.717, 1.165) is 0 Å². The van der Waals surface area contributed by atoms with E-state index in [1.807, 2.05) is 0 Å². The molecule has 5 nitrogen and oxygen atoms in total. The molecule has 1 N–H and O–H groups in total. The number of halogens is 1. The van der Waals surface area contributed by atoms with Gasteiger partial charge in [0, 0.05) is 11.4 Å². The molecule has 13 heavy (non-hydrogen) atoms. The summed E-state index contributed by atoms with van der Waals surface area (Å²) in [6.07, 6.45) is 1.20. The Morgan fingerprint density at radius 2 is 2.69 bits per heavy atom. The van der Waals surface area contributed by atoms with Gasteiger partial charge in [-0.25, -0.2) is 4.79 Å². The van der Waals surface area contributed by atoms with E-state index in [-0.39, 0.29) is 12.2 Å². The molecule has 1 atom stereocenters. The summed E-state index contributed by atoms with van der Waals surface area (Å²) < 4.78 is 5.04. The summed E-state index contributed by atoms with van der Waals surface area (Å²) in [5.41, 5.74) is 0. The van der Waals surface area contributed by atoms with Gasteiger partial charge < -0.3 is 4.74 Å². The SMILES string of the molecule is O=C1OC(CBr)CN1c1ccn[nH]1. The second-order valence-electron chi connectivity index (χ2n) is 2.71. The molecule has 2 heterocycles. The van der Waals surface area contributed by atoms with Crippen LogP contribution in [0.25, 0.3) is 0 Å². The number of ether oxygens (including phenoxy) is 1. The van der Waals surface area contributed by atoms with Gasteiger partial charge in [0.15, 0.2) is 0 Å². The molecule has 0 bridgehead atoms. The smallest absolute Gasteiger partial charge is 0.415 e. The first-order valence-corrected chi connectivity index (χ1v) is 4.97. The zero-order chi connectivity index (χ0) is 9.26. The Balaban J connectivity index is 2.14. The zero-order valence-electron chi connectivity index (χ0n) is 6.74. The molecule has 1 aromatic heterocycles. The highest BCUT2D eigenvalue weighted by atomic mass is 79.9. The fourth-order valence-electron chi connectivity index (χ4n) is 1.20. The first-order valence-electron chi connectivity index (χ1n) is 3.84. The van der Waals surface area contributed by atoms with Crippen LogP contribution in [0, 0.1) is 0 Å². The molecule has 0 aliphatic carbocycles. The zero-order valence-corrected chi connectivity index (χ0v) is 8.32. The molecule has 1 amide bonds. The van der Waals surface area contributed by atoms with Crippen molar-refractivity contribution in [1.29, 1.82) is 0 Å². The third kappa shape index (κ3) is 1.53. The average molecular weight is 246 g/mol. The van der Waals surface area contributed by atoms with E-state index in [1.54, 1.807) is 12.3 Å². The van der Waals surface area contributed by atoms with Crippen LogP contribution in [0.1, 0.15) is 0 Å². The molecule has 1 fully saturated rings. The quantitative estimate of drug-likeness (QED) is 0.795. The average Bonchev–Trinajstić information content (AvgIpc) is 2.72. The summed E-state index contributed by atoms with van der Waals surface area (Å²) >= 11 is 3.26. The summed E-state index contributed by atoms with van der Waals surface area (Å²) in [6, 6.07) is 1.73. The molecule has 1 aromatic rings. The van der Waals surface area contributed by atoms with Crippen molar-refractivity contribution in [2.75, 3.05) is 16.8 Å². The maximum atomic E-state index is 11.3. The Kier molecular flexibility index (Phi) is 2.22. The van der Waals surface area contributed by atoms with Crippen LogP contribution >= 0.6 is 15.9 Å². The van der Waals surface area contributed by atoms with Crippen LogP contribution in [0.15, 0.2) is 12.3 Å². The Hall–Kier alpha value is -1.04. The first kappa shape index (κ1) is 8.55. The topological polar surface area (TPSA) is 58.2 Å². The number of carbonyl (C=O) groups is 1. The molecular formula is C7H8BrN3O2. The van der Waals surface area contributed by atoms with Crippen LogP contribution in [0.2, 0.25) is 0 Å². The van der Waals surface area contributed by atoms with E-state index >= 15 is 0 Å². The number of aromatic amines is 1. The van der Waals surface area contributed by atoms with E-state index in [0.29, 0.717) is 17.7 Å². The number of hydrogen-bond donors (Lipinski definition) is 1. The molecule has 1 aliphatic heterocycles. The fourth-order valence-corrected chi connectivity index (χ4v) is 1.53. The highest BCUT2D eigenvalue weighted by molar-refractivity contribution is 9.09. The minimum Gasteiger partial charge on any atom is -0.443 e. The van der Waals surface area contributed by atoms with E-state index in [1.165, 1.54) is 4.90 Å². The van der Waals surface area contributed by atoms with E-state index in [4.69, 9.17) is 4.74 Å².